The van der Waals surface area contributed by atoms with Crippen molar-refractivity contribution in [2.45, 2.75) is 11.8 Å². The second-order valence-corrected chi connectivity index (χ2v) is 4.86. The average Bonchev–Trinajstić information content (AvgIpc) is 2.08. The Morgan fingerprint density at radius 3 is 2.69 bits per heavy atom. The molecule has 1 rings (SSSR count). The van der Waals surface area contributed by atoms with Gasteiger partial charge < -0.3 is 5.73 Å². The first kappa shape index (κ1) is 10.7. The number of carbonyl (C=O) groups is 1. The summed E-state index contributed by atoms with van der Waals surface area (Å²) in [6.07, 6.45) is 0. The first-order valence-electron chi connectivity index (χ1n) is 3.76. The van der Waals surface area contributed by atoms with E-state index < -0.39 is 0 Å². The van der Waals surface area contributed by atoms with E-state index >= 15 is 0 Å². The van der Waals surface area contributed by atoms with Crippen molar-refractivity contribution in [2.24, 2.45) is 0 Å². The van der Waals surface area contributed by atoms with Crippen molar-refractivity contribution in [3.63, 3.8) is 0 Å². The van der Waals surface area contributed by atoms with Gasteiger partial charge in [0.25, 0.3) is 0 Å². The molecule has 2 nitrogen and oxygen atoms in total. The number of rotatable bonds is 2. The van der Waals surface area contributed by atoms with Crippen molar-refractivity contribution < 1.29 is 4.79 Å². The van der Waals surface area contributed by atoms with Crippen LogP contribution in [0.2, 0.25) is 0 Å². The molecule has 0 saturated heterocycles. The van der Waals surface area contributed by atoms with E-state index in [0.29, 0.717) is 15.7 Å². The number of ketones is 1. The Kier molecular flexibility index (Phi) is 3.50. The Hall–Kier alpha value is -0.350. The van der Waals surface area contributed by atoms with Crippen LogP contribution >= 0.6 is 31.9 Å². The van der Waals surface area contributed by atoms with E-state index in [4.69, 9.17) is 5.73 Å². The molecule has 0 aliphatic carbocycles. The van der Waals surface area contributed by atoms with Gasteiger partial charge in [-0.2, -0.15) is 0 Å². The minimum atomic E-state index is -0.189. The molecule has 1 aromatic rings. The van der Waals surface area contributed by atoms with Gasteiger partial charge >= 0.3 is 0 Å². The van der Waals surface area contributed by atoms with Crippen LogP contribution < -0.4 is 5.73 Å². The molecule has 1 atom stereocenters. The van der Waals surface area contributed by atoms with Crippen molar-refractivity contribution in [3.05, 3.63) is 28.2 Å². The summed E-state index contributed by atoms with van der Waals surface area (Å²) in [5, 5.41) is 0. The SMILES string of the molecule is CC(Br)C(=O)c1cccc(N)c1Br. The number of anilines is 1. The van der Waals surface area contributed by atoms with Crippen LogP contribution in [0.4, 0.5) is 5.69 Å². The predicted molar refractivity (Wildman–Crippen MR) is 61.3 cm³/mol. The number of benzene rings is 1. The largest absolute Gasteiger partial charge is 0.398 e. The Balaban J connectivity index is 3.15. The number of nitrogens with two attached hydrogens (primary N) is 1. The van der Waals surface area contributed by atoms with E-state index in [1.165, 1.54) is 0 Å². The molecular weight excluding hydrogens is 298 g/mol. The number of halogens is 2. The first-order valence-corrected chi connectivity index (χ1v) is 5.47. The number of hydrogen-bond donors (Lipinski definition) is 1. The highest BCUT2D eigenvalue weighted by molar-refractivity contribution is 9.10. The van der Waals surface area contributed by atoms with Crippen LogP contribution in [0, 0.1) is 0 Å². The molecule has 0 aliphatic heterocycles. The maximum absolute atomic E-state index is 11.6. The van der Waals surface area contributed by atoms with E-state index in [0.717, 1.165) is 0 Å². The van der Waals surface area contributed by atoms with Crippen molar-refractivity contribution in [1.29, 1.82) is 0 Å². The van der Waals surface area contributed by atoms with Crippen LogP contribution in [-0.4, -0.2) is 10.6 Å². The van der Waals surface area contributed by atoms with E-state index in [-0.39, 0.29) is 10.6 Å². The van der Waals surface area contributed by atoms with Gasteiger partial charge in [0.05, 0.1) is 9.30 Å². The van der Waals surface area contributed by atoms with Crippen LogP contribution in [0.15, 0.2) is 22.7 Å². The Bertz CT molecular complexity index is 336. The van der Waals surface area contributed by atoms with Crippen LogP contribution in [-0.2, 0) is 0 Å². The third-order valence-corrected chi connectivity index (χ3v) is 2.96. The van der Waals surface area contributed by atoms with Gasteiger partial charge in [-0.15, -0.1) is 0 Å². The van der Waals surface area contributed by atoms with Gasteiger partial charge in [-0.05, 0) is 28.9 Å². The van der Waals surface area contributed by atoms with Gasteiger partial charge in [-0.3, -0.25) is 4.79 Å². The lowest BCUT2D eigenvalue weighted by Crippen LogP contribution is -2.11. The van der Waals surface area contributed by atoms with Gasteiger partial charge in [0.2, 0.25) is 0 Å². The Morgan fingerprint density at radius 2 is 2.15 bits per heavy atom. The lowest BCUT2D eigenvalue weighted by molar-refractivity contribution is 0.0995. The summed E-state index contributed by atoms with van der Waals surface area (Å²) in [7, 11) is 0. The zero-order valence-corrected chi connectivity index (χ0v) is 10.2. The molecule has 1 aromatic carbocycles. The summed E-state index contributed by atoms with van der Waals surface area (Å²) in [6.45, 7) is 1.79. The average molecular weight is 307 g/mol. The predicted octanol–water partition coefficient (Wildman–Crippen LogP) is 3.00. The molecule has 4 heteroatoms. The molecule has 0 aromatic heterocycles. The maximum atomic E-state index is 11.6. The monoisotopic (exact) mass is 305 g/mol. The first-order chi connectivity index (χ1) is 6.04. The van der Waals surface area contributed by atoms with Gasteiger partial charge in [-0.1, -0.05) is 28.1 Å². The fourth-order valence-corrected chi connectivity index (χ4v) is 1.66. The van der Waals surface area contributed by atoms with E-state index in [1.54, 1.807) is 25.1 Å². The third kappa shape index (κ3) is 2.31. The molecule has 0 fully saturated rings. The molecule has 0 spiro atoms. The van der Waals surface area contributed by atoms with Crippen molar-refractivity contribution in [2.75, 3.05) is 5.73 Å². The lowest BCUT2D eigenvalue weighted by Gasteiger charge is -2.06. The molecule has 1 unspecified atom stereocenters. The molecule has 0 heterocycles. The number of carbonyl (C=O) groups excluding carboxylic acids is 1. The van der Waals surface area contributed by atoms with Crippen LogP contribution in [0.3, 0.4) is 0 Å². The molecule has 0 amide bonds. The highest BCUT2D eigenvalue weighted by Crippen LogP contribution is 2.25. The van der Waals surface area contributed by atoms with Crippen LogP contribution in [0.5, 0.6) is 0 Å². The quantitative estimate of drug-likeness (QED) is 0.518. The minimum Gasteiger partial charge on any atom is -0.398 e. The highest BCUT2D eigenvalue weighted by Gasteiger charge is 2.15. The fraction of sp³-hybridized carbons (Fsp3) is 0.222. The zero-order valence-electron chi connectivity index (χ0n) is 7.05. The van der Waals surface area contributed by atoms with E-state index in [9.17, 15) is 4.79 Å². The normalized spacial score (nSPS) is 12.5. The maximum Gasteiger partial charge on any atom is 0.177 e. The summed E-state index contributed by atoms with van der Waals surface area (Å²) in [5.41, 5.74) is 6.84. The number of alkyl halides is 1. The van der Waals surface area contributed by atoms with Crippen LogP contribution in [0.25, 0.3) is 0 Å². The van der Waals surface area contributed by atoms with Gasteiger partial charge in [-0.25, -0.2) is 0 Å². The lowest BCUT2D eigenvalue weighted by atomic mass is 10.1. The molecule has 0 radical (unpaired) electrons. The van der Waals surface area contributed by atoms with Crippen molar-refractivity contribution >= 4 is 43.3 Å². The number of nitrogen functional groups attached to an aromatic ring is 1. The van der Waals surface area contributed by atoms with Crippen LogP contribution in [0.1, 0.15) is 17.3 Å². The van der Waals surface area contributed by atoms with Gasteiger partial charge in [0.1, 0.15) is 0 Å². The molecule has 2 N–H and O–H groups in total. The summed E-state index contributed by atoms with van der Waals surface area (Å²) < 4.78 is 0.673. The Labute approximate surface area is 93.8 Å². The smallest absolute Gasteiger partial charge is 0.177 e. The third-order valence-electron chi connectivity index (χ3n) is 1.66. The fourth-order valence-electron chi connectivity index (χ4n) is 0.954. The van der Waals surface area contributed by atoms with Gasteiger partial charge in [0.15, 0.2) is 5.78 Å². The molecule has 70 valence electrons. The molecule has 0 bridgehead atoms. The number of Topliss-reactive ketones (excluding diaryl/α,β-unsaturated/α-hetero) is 1. The molecule has 13 heavy (non-hydrogen) atoms. The van der Waals surface area contributed by atoms with Crippen molar-refractivity contribution in [1.82, 2.24) is 0 Å². The van der Waals surface area contributed by atoms with E-state index in [2.05, 4.69) is 31.9 Å². The minimum absolute atomic E-state index is 0.0270. The molecule has 0 saturated carbocycles. The Morgan fingerprint density at radius 1 is 1.54 bits per heavy atom. The second kappa shape index (κ2) is 4.24. The topological polar surface area (TPSA) is 43.1 Å². The molecule has 0 aliphatic rings. The standard InChI is InChI=1S/C9H9Br2NO/c1-5(10)9(13)6-3-2-4-7(12)8(6)11/h2-5H,12H2,1H3. The number of hydrogen-bond acceptors (Lipinski definition) is 2. The van der Waals surface area contributed by atoms with E-state index in [1.807, 2.05) is 0 Å². The highest BCUT2D eigenvalue weighted by atomic mass is 79.9. The van der Waals surface area contributed by atoms with Gasteiger partial charge in [0, 0.05) is 11.3 Å². The molecular formula is C9H9Br2NO. The zero-order chi connectivity index (χ0) is 10.0. The summed E-state index contributed by atoms with van der Waals surface area (Å²) in [5.74, 6) is 0.0270. The summed E-state index contributed by atoms with van der Waals surface area (Å²) in [4.78, 5) is 11.4. The van der Waals surface area contributed by atoms with Crippen molar-refractivity contribution in [3.8, 4) is 0 Å². The second-order valence-electron chi connectivity index (χ2n) is 2.69. The summed E-state index contributed by atoms with van der Waals surface area (Å²) in [6, 6.07) is 5.27. The summed E-state index contributed by atoms with van der Waals surface area (Å²) >= 11 is 6.51.